The van der Waals surface area contributed by atoms with E-state index in [0.29, 0.717) is 0 Å². The Morgan fingerprint density at radius 1 is 1.37 bits per heavy atom. The maximum atomic E-state index is 5.75. The predicted octanol–water partition coefficient (Wildman–Crippen LogP) is 2.91. The van der Waals surface area contributed by atoms with Gasteiger partial charge in [-0.1, -0.05) is 0 Å². The number of imidazole rings is 1. The van der Waals surface area contributed by atoms with Gasteiger partial charge in [0.05, 0.1) is 5.69 Å². The monoisotopic (exact) mass is 270 g/mol. The first-order valence-corrected chi connectivity index (χ1v) is 6.98. The van der Waals surface area contributed by atoms with Crippen LogP contribution in [0.4, 0.5) is 5.69 Å². The lowest BCUT2D eigenvalue weighted by atomic mass is 10.2. The van der Waals surface area contributed by atoms with Crippen LogP contribution in [0.5, 0.6) is 0 Å². The van der Waals surface area contributed by atoms with Crippen LogP contribution in [0.3, 0.4) is 0 Å². The summed E-state index contributed by atoms with van der Waals surface area (Å²) in [6.07, 6.45) is 5.73. The summed E-state index contributed by atoms with van der Waals surface area (Å²) in [5, 5.41) is 0. The van der Waals surface area contributed by atoms with Crippen molar-refractivity contribution in [3.05, 3.63) is 54.1 Å². The molecule has 0 aliphatic carbocycles. The fourth-order valence-corrected chi connectivity index (χ4v) is 2.83. The molecule has 3 rings (SSSR count). The van der Waals surface area contributed by atoms with Crippen LogP contribution in [0.25, 0.3) is 5.78 Å². The van der Waals surface area contributed by atoms with Crippen LogP contribution in [0.15, 0.2) is 47.8 Å². The molecule has 0 spiro atoms. The van der Waals surface area contributed by atoms with E-state index < -0.39 is 0 Å². The quantitative estimate of drug-likeness (QED) is 0.587. The zero-order valence-corrected chi connectivity index (χ0v) is 11.4. The first kappa shape index (κ1) is 12.0. The summed E-state index contributed by atoms with van der Waals surface area (Å²) < 4.78 is 1.94. The Morgan fingerprint density at radius 3 is 3.05 bits per heavy atom. The molecule has 0 bridgehead atoms. The van der Waals surface area contributed by atoms with Gasteiger partial charge in [-0.15, -0.1) is 11.8 Å². The number of fused-ring (bicyclic) bond motifs is 1. The van der Waals surface area contributed by atoms with Crippen LogP contribution in [-0.4, -0.2) is 14.4 Å². The Kier molecular flexibility index (Phi) is 3.13. The third-order valence-electron chi connectivity index (χ3n) is 2.86. The van der Waals surface area contributed by atoms with Gasteiger partial charge in [0.2, 0.25) is 5.78 Å². The molecule has 0 fully saturated rings. The minimum absolute atomic E-state index is 0.743. The SMILES string of the molecule is Cc1cc(N)ccc1SCc1cn2cccnc2n1. The second kappa shape index (κ2) is 4.93. The van der Waals surface area contributed by atoms with Crippen molar-refractivity contribution in [2.45, 2.75) is 17.6 Å². The molecule has 4 nitrogen and oxygen atoms in total. The molecule has 5 heteroatoms. The summed E-state index contributed by atoms with van der Waals surface area (Å²) in [4.78, 5) is 9.93. The van der Waals surface area contributed by atoms with E-state index in [9.17, 15) is 0 Å². The fraction of sp³-hybridized carbons (Fsp3) is 0.143. The molecule has 0 aliphatic rings. The summed E-state index contributed by atoms with van der Waals surface area (Å²) in [7, 11) is 0. The number of aryl methyl sites for hydroxylation is 1. The number of nitrogens with zero attached hydrogens (tertiary/aromatic N) is 3. The van der Waals surface area contributed by atoms with Crippen LogP contribution in [-0.2, 0) is 5.75 Å². The summed E-state index contributed by atoms with van der Waals surface area (Å²) in [5.74, 6) is 1.57. The maximum Gasteiger partial charge on any atom is 0.233 e. The van der Waals surface area contributed by atoms with E-state index in [0.717, 1.165) is 22.9 Å². The lowest BCUT2D eigenvalue weighted by Crippen LogP contribution is -1.88. The van der Waals surface area contributed by atoms with Gasteiger partial charge in [-0.2, -0.15) is 0 Å². The van der Waals surface area contributed by atoms with Crippen molar-refractivity contribution in [1.82, 2.24) is 14.4 Å². The van der Waals surface area contributed by atoms with E-state index in [1.54, 1.807) is 18.0 Å². The molecular formula is C14H14N4S. The Labute approximate surface area is 115 Å². The van der Waals surface area contributed by atoms with E-state index in [4.69, 9.17) is 5.73 Å². The third-order valence-corrected chi connectivity index (χ3v) is 4.07. The van der Waals surface area contributed by atoms with Gasteiger partial charge in [-0.25, -0.2) is 9.97 Å². The Morgan fingerprint density at radius 2 is 2.26 bits per heavy atom. The number of thioether (sulfide) groups is 1. The molecule has 0 atom stereocenters. The summed E-state index contributed by atoms with van der Waals surface area (Å²) in [6.45, 7) is 2.07. The lowest BCUT2D eigenvalue weighted by molar-refractivity contribution is 1.11. The van der Waals surface area contributed by atoms with Gasteiger partial charge < -0.3 is 5.73 Å². The Balaban J connectivity index is 1.78. The van der Waals surface area contributed by atoms with Crippen molar-refractivity contribution in [1.29, 1.82) is 0 Å². The van der Waals surface area contributed by atoms with Crippen LogP contribution in [0.1, 0.15) is 11.3 Å². The molecule has 3 aromatic rings. The van der Waals surface area contributed by atoms with Gasteiger partial charge >= 0.3 is 0 Å². The second-order valence-electron chi connectivity index (χ2n) is 4.37. The van der Waals surface area contributed by atoms with E-state index in [1.807, 2.05) is 35.0 Å². The highest BCUT2D eigenvalue weighted by Crippen LogP contribution is 2.27. The van der Waals surface area contributed by atoms with Crippen molar-refractivity contribution in [3.63, 3.8) is 0 Å². The van der Waals surface area contributed by atoms with Crippen molar-refractivity contribution in [2.75, 3.05) is 5.73 Å². The Hall–Kier alpha value is -2.01. The van der Waals surface area contributed by atoms with Crippen molar-refractivity contribution >= 4 is 23.2 Å². The maximum absolute atomic E-state index is 5.75. The summed E-state index contributed by atoms with van der Waals surface area (Å²) >= 11 is 1.76. The third kappa shape index (κ3) is 2.56. The fourth-order valence-electron chi connectivity index (χ4n) is 1.94. The largest absolute Gasteiger partial charge is 0.399 e. The minimum atomic E-state index is 0.743. The second-order valence-corrected chi connectivity index (χ2v) is 5.39. The van der Waals surface area contributed by atoms with Gasteiger partial charge in [-0.05, 0) is 36.8 Å². The van der Waals surface area contributed by atoms with E-state index in [1.165, 1.54) is 10.5 Å². The molecule has 0 aliphatic heterocycles. The topological polar surface area (TPSA) is 56.2 Å². The minimum Gasteiger partial charge on any atom is -0.399 e. The molecule has 96 valence electrons. The van der Waals surface area contributed by atoms with Crippen LogP contribution in [0.2, 0.25) is 0 Å². The normalized spacial score (nSPS) is 11.0. The standard InChI is InChI=1S/C14H14N4S/c1-10-7-11(15)3-4-13(10)19-9-12-8-18-6-2-5-16-14(18)17-12/h2-8H,9,15H2,1H3. The average molecular weight is 270 g/mol. The molecule has 0 unspecified atom stereocenters. The number of aromatic nitrogens is 3. The first-order chi connectivity index (χ1) is 9.22. The van der Waals surface area contributed by atoms with Gasteiger partial charge in [0.25, 0.3) is 0 Å². The molecule has 1 aromatic carbocycles. The molecule has 2 aromatic heterocycles. The van der Waals surface area contributed by atoms with Gasteiger partial charge in [0, 0.05) is 34.9 Å². The molecule has 2 heterocycles. The first-order valence-electron chi connectivity index (χ1n) is 6.00. The number of nitrogen functional groups attached to an aromatic ring is 1. The molecule has 19 heavy (non-hydrogen) atoms. The van der Waals surface area contributed by atoms with E-state index in [2.05, 4.69) is 23.0 Å². The number of anilines is 1. The molecule has 2 N–H and O–H groups in total. The molecule has 0 radical (unpaired) electrons. The zero-order chi connectivity index (χ0) is 13.2. The molecule has 0 amide bonds. The zero-order valence-electron chi connectivity index (χ0n) is 10.6. The van der Waals surface area contributed by atoms with E-state index >= 15 is 0 Å². The van der Waals surface area contributed by atoms with Crippen molar-refractivity contribution in [3.8, 4) is 0 Å². The number of hydrogen-bond acceptors (Lipinski definition) is 4. The highest BCUT2D eigenvalue weighted by Gasteiger charge is 2.04. The van der Waals surface area contributed by atoms with Crippen molar-refractivity contribution < 1.29 is 0 Å². The lowest BCUT2D eigenvalue weighted by Gasteiger charge is -2.04. The smallest absolute Gasteiger partial charge is 0.233 e. The molecule has 0 saturated heterocycles. The van der Waals surface area contributed by atoms with Crippen molar-refractivity contribution in [2.24, 2.45) is 0 Å². The highest BCUT2D eigenvalue weighted by atomic mass is 32.2. The van der Waals surface area contributed by atoms with Gasteiger partial charge in [-0.3, -0.25) is 4.40 Å². The Bertz CT molecular complexity index is 687. The number of rotatable bonds is 3. The van der Waals surface area contributed by atoms with Crippen LogP contribution < -0.4 is 5.73 Å². The van der Waals surface area contributed by atoms with E-state index in [-0.39, 0.29) is 0 Å². The summed E-state index contributed by atoms with van der Waals surface area (Å²) in [6, 6.07) is 7.88. The molecule has 0 saturated carbocycles. The predicted molar refractivity (Wildman–Crippen MR) is 78.1 cm³/mol. The van der Waals surface area contributed by atoms with Crippen LogP contribution in [0, 0.1) is 6.92 Å². The average Bonchev–Trinajstić information content (AvgIpc) is 2.80. The number of benzene rings is 1. The highest BCUT2D eigenvalue weighted by molar-refractivity contribution is 7.98. The summed E-state index contributed by atoms with van der Waals surface area (Å²) in [5.41, 5.74) is 8.79. The molecular weight excluding hydrogens is 256 g/mol. The van der Waals surface area contributed by atoms with Gasteiger partial charge in [0.1, 0.15) is 0 Å². The van der Waals surface area contributed by atoms with Gasteiger partial charge in [0.15, 0.2) is 0 Å². The number of hydrogen-bond donors (Lipinski definition) is 1. The number of nitrogens with two attached hydrogens (primary N) is 1. The van der Waals surface area contributed by atoms with Crippen LogP contribution >= 0.6 is 11.8 Å².